The van der Waals surface area contributed by atoms with E-state index in [4.69, 9.17) is 4.42 Å². The van der Waals surface area contributed by atoms with E-state index in [0.29, 0.717) is 5.39 Å². The molecule has 1 amide bonds. The van der Waals surface area contributed by atoms with E-state index in [0.717, 1.165) is 0 Å². The molecule has 0 aliphatic heterocycles. The molecule has 2 heterocycles. The lowest BCUT2D eigenvalue weighted by atomic mass is 10.1. The molecule has 10 nitrogen and oxygen atoms in total. The van der Waals surface area contributed by atoms with E-state index in [1.54, 1.807) is 18.2 Å². The fraction of sp³-hybridized carbons (Fsp3) is 0. The first-order chi connectivity index (χ1) is 13.0. The van der Waals surface area contributed by atoms with Crippen molar-refractivity contribution in [1.29, 1.82) is 0 Å². The first-order valence-electron chi connectivity index (χ1n) is 7.52. The van der Waals surface area contributed by atoms with Gasteiger partial charge in [-0.05, 0) is 24.3 Å². The van der Waals surface area contributed by atoms with Gasteiger partial charge in [0.05, 0.1) is 6.07 Å². The lowest BCUT2D eigenvalue weighted by Gasteiger charge is -2.07. The Morgan fingerprint density at radius 2 is 1.96 bits per heavy atom. The number of amides is 1. The summed E-state index contributed by atoms with van der Waals surface area (Å²) in [6.45, 7) is 0. The zero-order valence-corrected chi connectivity index (χ0v) is 13.6. The van der Waals surface area contributed by atoms with E-state index in [-0.39, 0.29) is 22.6 Å². The van der Waals surface area contributed by atoms with Crippen molar-refractivity contribution in [2.45, 2.75) is 0 Å². The van der Waals surface area contributed by atoms with Crippen LogP contribution < -0.4 is 5.43 Å². The molecular weight excluding hydrogens is 356 g/mol. The molecule has 0 aliphatic carbocycles. The van der Waals surface area contributed by atoms with Gasteiger partial charge in [0.25, 0.3) is 5.91 Å². The highest BCUT2D eigenvalue weighted by Gasteiger charge is 2.18. The fourth-order valence-corrected chi connectivity index (χ4v) is 2.25. The van der Waals surface area contributed by atoms with E-state index in [1.807, 2.05) is 0 Å². The predicted molar refractivity (Wildman–Crippen MR) is 95.4 cm³/mol. The van der Waals surface area contributed by atoms with Crippen molar-refractivity contribution in [2.75, 3.05) is 0 Å². The molecule has 3 rings (SSSR count). The number of hydrogen-bond donors (Lipinski definition) is 3. The van der Waals surface area contributed by atoms with Crippen molar-refractivity contribution >= 4 is 34.9 Å². The molecule has 136 valence electrons. The molecule has 2 aromatic heterocycles. The molecule has 3 N–H and O–H groups in total. The smallest absolute Gasteiger partial charge is 0.433 e. The number of aromatic nitrogens is 1. The van der Waals surface area contributed by atoms with E-state index < -0.39 is 22.6 Å². The van der Waals surface area contributed by atoms with Gasteiger partial charge in [-0.2, -0.15) is 5.10 Å². The summed E-state index contributed by atoms with van der Waals surface area (Å²) >= 11 is 0. The van der Waals surface area contributed by atoms with Gasteiger partial charge in [0.15, 0.2) is 11.4 Å². The van der Waals surface area contributed by atoms with Crippen LogP contribution in [0.25, 0.3) is 16.8 Å². The van der Waals surface area contributed by atoms with E-state index in [2.05, 4.69) is 15.5 Å². The van der Waals surface area contributed by atoms with Crippen molar-refractivity contribution in [2.24, 2.45) is 5.10 Å². The number of pyridine rings is 1. The number of nitrogens with zero attached hydrogens (tertiary/aromatic N) is 3. The molecule has 0 spiro atoms. The molecule has 0 radical (unpaired) electrons. The second-order valence-corrected chi connectivity index (χ2v) is 5.19. The molecule has 0 fully saturated rings. The van der Waals surface area contributed by atoms with Gasteiger partial charge in [-0.25, -0.2) is 10.4 Å². The van der Waals surface area contributed by atoms with Gasteiger partial charge in [0.2, 0.25) is 5.88 Å². The maximum absolute atomic E-state index is 12.1. The summed E-state index contributed by atoms with van der Waals surface area (Å²) in [6.07, 6.45) is 3.98. The minimum absolute atomic E-state index is 0.234. The Balaban J connectivity index is 1.69. The molecule has 0 saturated carbocycles. The van der Waals surface area contributed by atoms with Crippen LogP contribution in [-0.4, -0.2) is 32.2 Å². The third-order valence-corrected chi connectivity index (χ3v) is 3.46. The zero-order chi connectivity index (χ0) is 19.4. The summed E-state index contributed by atoms with van der Waals surface area (Å²) in [5.74, 6) is -1.76. The summed E-state index contributed by atoms with van der Waals surface area (Å²) in [5.41, 5.74) is 1.77. The normalized spacial score (nSPS) is 11.4. The first kappa shape index (κ1) is 17.6. The second kappa shape index (κ2) is 7.35. The van der Waals surface area contributed by atoms with Crippen LogP contribution in [0.2, 0.25) is 0 Å². The Morgan fingerprint density at radius 3 is 2.67 bits per heavy atom. The number of carbonyl (C=O) groups excluding carboxylic acids is 1. The lowest BCUT2D eigenvalue weighted by Crippen LogP contribution is -2.19. The summed E-state index contributed by atoms with van der Waals surface area (Å²) < 4.78 is 4.91. The van der Waals surface area contributed by atoms with Gasteiger partial charge in [-0.1, -0.05) is 18.2 Å². The van der Waals surface area contributed by atoms with Gasteiger partial charge >= 0.3 is 5.88 Å². The third-order valence-electron chi connectivity index (χ3n) is 3.46. The van der Waals surface area contributed by atoms with Crippen LogP contribution in [-0.2, 0) is 0 Å². The maximum atomic E-state index is 12.1. The van der Waals surface area contributed by atoms with Crippen LogP contribution in [0.1, 0.15) is 16.2 Å². The SMILES string of the molecule is O=C(N/N=C/C=C/c1ccc([N+](=O)[O-])o1)c1nc(O)c2ccccc2c1O. The number of hydrogen-bond acceptors (Lipinski definition) is 8. The summed E-state index contributed by atoms with van der Waals surface area (Å²) in [6, 6.07) is 9.01. The number of furan rings is 1. The van der Waals surface area contributed by atoms with Gasteiger partial charge in [0, 0.05) is 17.0 Å². The summed E-state index contributed by atoms with van der Waals surface area (Å²) in [5, 5.41) is 34.8. The van der Waals surface area contributed by atoms with Gasteiger partial charge in [-0.3, -0.25) is 14.9 Å². The average molecular weight is 368 g/mol. The van der Waals surface area contributed by atoms with E-state index in [1.165, 1.54) is 36.6 Å². The monoisotopic (exact) mass is 368 g/mol. The Bertz CT molecular complexity index is 1090. The molecule has 0 aliphatic rings. The number of aromatic hydroxyl groups is 2. The van der Waals surface area contributed by atoms with Crippen molar-refractivity contribution in [3.63, 3.8) is 0 Å². The standard InChI is InChI=1S/C17H12N4O6/c22-15-11-5-1-2-6-12(11)16(23)19-14(15)17(24)20-18-9-3-4-10-7-8-13(27-10)21(25)26/h1-9,22H,(H,19,23)(H,20,24)/b4-3+,18-9+. The molecule has 3 aromatic rings. The molecule has 1 aromatic carbocycles. The van der Waals surface area contributed by atoms with Crippen molar-refractivity contribution in [3.8, 4) is 11.6 Å². The highest BCUT2D eigenvalue weighted by Crippen LogP contribution is 2.32. The number of nitro groups is 1. The lowest BCUT2D eigenvalue weighted by molar-refractivity contribution is -0.402. The number of hydrazone groups is 1. The number of benzene rings is 1. The Kier molecular flexibility index (Phi) is 4.79. The Labute approximate surface area is 151 Å². The summed E-state index contributed by atoms with van der Waals surface area (Å²) in [7, 11) is 0. The van der Waals surface area contributed by atoms with Gasteiger partial charge in [0.1, 0.15) is 10.7 Å². The first-order valence-corrected chi connectivity index (χ1v) is 7.52. The number of fused-ring (bicyclic) bond motifs is 1. The fourth-order valence-electron chi connectivity index (χ4n) is 2.25. The largest absolute Gasteiger partial charge is 0.505 e. The van der Waals surface area contributed by atoms with Crippen molar-refractivity contribution in [1.82, 2.24) is 10.4 Å². The molecule has 10 heteroatoms. The zero-order valence-electron chi connectivity index (χ0n) is 13.6. The highest BCUT2D eigenvalue weighted by atomic mass is 16.6. The highest BCUT2D eigenvalue weighted by molar-refractivity contribution is 6.03. The number of carbonyl (C=O) groups is 1. The second-order valence-electron chi connectivity index (χ2n) is 5.19. The van der Waals surface area contributed by atoms with Crippen LogP contribution >= 0.6 is 0 Å². The Hall–Kier alpha value is -4.21. The molecule has 0 saturated heterocycles. The minimum atomic E-state index is -0.827. The van der Waals surface area contributed by atoms with Crippen LogP contribution in [0.4, 0.5) is 5.88 Å². The van der Waals surface area contributed by atoms with Crippen LogP contribution in [0, 0.1) is 10.1 Å². The van der Waals surface area contributed by atoms with Crippen LogP contribution in [0.5, 0.6) is 11.6 Å². The summed E-state index contributed by atoms with van der Waals surface area (Å²) in [4.78, 5) is 25.6. The minimum Gasteiger partial charge on any atom is -0.505 e. The molecule has 0 bridgehead atoms. The maximum Gasteiger partial charge on any atom is 0.433 e. The van der Waals surface area contributed by atoms with E-state index in [9.17, 15) is 25.1 Å². The van der Waals surface area contributed by atoms with Crippen molar-refractivity contribution in [3.05, 3.63) is 64.0 Å². The van der Waals surface area contributed by atoms with Crippen LogP contribution in [0.15, 0.2) is 52.0 Å². The quantitative estimate of drug-likeness (QED) is 0.355. The van der Waals surface area contributed by atoms with Crippen molar-refractivity contribution < 1.29 is 24.3 Å². The third kappa shape index (κ3) is 3.74. The number of allylic oxidation sites excluding steroid dienone is 1. The van der Waals surface area contributed by atoms with Gasteiger partial charge in [-0.15, -0.1) is 0 Å². The predicted octanol–water partition coefficient (Wildman–Crippen LogP) is 2.58. The number of nitrogens with one attached hydrogen (secondary N) is 1. The Morgan fingerprint density at radius 1 is 1.22 bits per heavy atom. The number of rotatable bonds is 5. The molecular formula is C17H12N4O6. The average Bonchev–Trinajstić information content (AvgIpc) is 3.13. The van der Waals surface area contributed by atoms with E-state index >= 15 is 0 Å². The molecule has 27 heavy (non-hydrogen) atoms. The molecule has 0 atom stereocenters. The molecule has 0 unspecified atom stereocenters. The van der Waals surface area contributed by atoms with Gasteiger partial charge < -0.3 is 14.6 Å². The topological polar surface area (TPSA) is 151 Å². The van der Waals surface area contributed by atoms with Crippen LogP contribution in [0.3, 0.4) is 0 Å².